The molecule has 0 unspecified atom stereocenters. The summed E-state index contributed by atoms with van der Waals surface area (Å²) < 4.78 is 8.86. The molecule has 0 saturated carbocycles. The second kappa shape index (κ2) is 8.74. The molecule has 1 aliphatic carbocycles. The molecule has 0 aliphatic heterocycles. The van der Waals surface area contributed by atoms with Gasteiger partial charge in [0, 0.05) is 27.2 Å². The van der Waals surface area contributed by atoms with E-state index in [1.165, 1.54) is 66.0 Å². The number of para-hydroxylation sites is 2. The van der Waals surface area contributed by atoms with Gasteiger partial charge in [-0.2, -0.15) is 0 Å². The summed E-state index contributed by atoms with van der Waals surface area (Å²) in [5, 5.41) is 4.95. The standard InChI is InChI=1S/C42H33NO/c1-41(2)33-14-8-5-13-31(33)39-34(42(41,3)4)22-24-38-40(39)32-25-27(19-23-37(32)44-38)26-17-20-28(21-18-26)43-35-15-9-6-11-29(35)30-12-7-10-16-36(30)43/h5-25H,1-4H3. The lowest BCUT2D eigenvalue weighted by Gasteiger charge is -2.48. The molecule has 44 heavy (non-hydrogen) atoms. The predicted octanol–water partition coefficient (Wildman–Crippen LogP) is 11.6. The Balaban J connectivity index is 1.22. The van der Waals surface area contributed by atoms with Gasteiger partial charge in [-0.05, 0) is 86.7 Å². The van der Waals surface area contributed by atoms with Crippen LogP contribution in [0.4, 0.5) is 0 Å². The number of nitrogens with zero attached hydrogens (tertiary/aromatic N) is 1. The van der Waals surface area contributed by atoms with E-state index >= 15 is 0 Å². The van der Waals surface area contributed by atoms with Crippen molar-refractivity contribution in [3.05, 3.63) is 139 Å². The van der Waals surface area contributed by atoms with E-state index in [-0.39, 0.29) is 10.8 Å². The van der Waals surface area contributed by atoms with Gasteiger partial charge in [-0.3, -0.25) is 0 Å². The zero-order chi connectivity index (χ0) is 29.8. The van der Waals surface area contributed by atoms with E-state index in [1.807, 2.05) is 0 Å². The first-order chi connectivity index (χ1) is 21.3. The molecule has 0 atom stereocenters. The first-order valence-electron chi connectivity index (χ1n) is 15.5. The van der Waals surface area contributed by atoms with E-state index in [9.17, 15) is 0 Å². The fourth-order valence-electron chi connectivity index (χ4n) is 7.77. The smallest absolute Gasteiger partial charge is 0.136 e. The molecule has 0 saturated heterocycles. The van der Waals surface area contributed by atoms with Crippen LogP contribution < -0.4 is 0 Å². The van der Waals surface area contributed by atoms with Crippen molar-refractivity contribution in [3.63, 3.8) is 0 Å². The van der Waals surface area contributed by atoms with Crippen molar-refractivity contribution in [2.24, 2.45) is 0 Å². The van der Waals surface area contributed by atoms with Crippen LogP contribution in [-0.4, -0.2) is 4.57 Å². The maximum Gasteiger partial charge on any atom is 0.136 e. The third-order valence-corrected chi connectivity index (χ3v) is 10.8. The van der Waals surface area contributed by atoms with Gasteiger partial charge >= 0.3 is 0 Å². The molecule has 0 fully saturated rings. The third-order valence-electron chi connectivity index (χ3n) is 10.8. The summed E-state index contributed by atoms with van der Waals surface area (Å²) in [5.74, 6) is 0. The van der Waals surface area contributed by atoms with Crippen molar-refractivity contribution < 1.29 is 4.42 Å². The number of fused-ring (bicyclic) bond motifs is 10. The van der Waals surface area contributed by atoms with Crippen molar-refractivity contribution in [1.82, 2.24) is 4.57 Å². The Hall–Kier alpha value is -5.08. The summed E-state index contributed by atoms with van der Waals surface area (Å²) in [5.41, 5.74) is 13.2. The molecule has 8 aromatic rings. The summed E-state index contributed by atoms with van der Waals surface area (Å²) in [6.07, 6.45) is 0. The maximum absolute atomic E-state index is 6.49. The molecule has 0 radical (unpaired) electrons. The van der Waals surface area contributed by atoms with E-state index in [0.29, 0.717) is 0 Å². The first-order valence-corrected chi connectivity index (χ1v) is 15.5. The van der Waals surface area contributed by atoms with Gasteiger partial charge in [0.1, 0.15) is 11.2 Å². The molecular weight excluding hydrogens is 534 g/mol. The monoisotopic (exact) mass is 567 g/mol. The Morgan fingerprint density at radius 3 is 1.82 bits per heavy atom. The Morgan fingerprint density at radius 2 is 1.09 bits per heavy atom. The van der Waals surface area contributed by atoms with Crippen LogP contribution in [0.1, 0.15) is 38.8 Å². The van der Waals surface area contributed by atoms with Crippen molar-refractivity contribution in [2.45, 2.75) is 38.5 Å². The molecule has 0 amide bonds. The fraction of sp³-hybridized carbons (Fsp3) is 0.143. The zero-order valence-corrected chi connectivity index (χ0v) is 25.5. The second-order valence-corrected chi connectivity index (χ2v) is 13.4. The second-order valence-electron chi connectivity index (χ2n) is 13.4. The summed E-state index contributed by atoms with van der Waals surface area (Å²) in [6, 6.07) is 46.4. The normalized spacial score (nSPS) is 15.2. The van der Waals surface area contributed by atoms with Crippen LogP contribution in [0.15, 0.2) is 132 Å². The molecule has 0 bridgehead atoms. The molecule has 1 aliphatic rings. The van der Waals surface area contributed by atoms with Crippen molar-refractivity contribution in [1.29, 1.82) is 0 Å². The lowest BCUT2D eigenvalue weighted by molar-refractivity contribution is 0.299. The van der Waals surface area contributed by atoms with Gasteiger partial charge in [0.25, 0.3) is 0 Å². The van der Waals surface area contributed by atoms with Crippen molar-refractivity contribution >= 4 is 43.7 Å². The summed E-state index contributed by atoms with van der Waals surface area (Å²) in [7, 11) is 0. The minimum Gasteiger partial charge on any atom is -0.456 e. The number of hydrogen-bond acceptors (Lipinski definition) is 1. The highest BCUT2D eigenvalue weighted by Gasteiger charge is 2.46. The fourth-order valence-corrected chi connectivity index (χ4v) is 7.77. The van der Waals surface area contributed by atoms with E-state index in [1.54, 1.807) is 0 Å². The van der Waals surface area contributed by atoms with Crippen LogP contribution in [0, 0.1) is 0 Å². The Morgan fingerprint density at radius 1 is 0.500 bits per heavy atom. The van der Waals surface area contributed by atoms with Crippen molar-refractivity contribution in [2.75, 3.05) is 0 Å². The largest absolute Gasteiger partial charge is 0.456 e. The van der Waals surface area contributed by atoms with Crippen LogP contribution >= 0.6 is 0 Å². The van der Waals surface area contributed by atoms with Gasteiger partial charge in [-0.1, -0.05) is 113 Å². The average molecular weight is 568 g/mol. The highest BCUT2D eigenvalue weighted by molar-refractivity contribution is 6.15. The number of furan rings is 1. The molecule has 0 N–H and O–H groups in total. The number of benzene rings is 6. The SMILES string of the molecule is CC1(C)c2ccccc2-c2c(ccc3oc4ccc(-c5ccc(-n6c7ccccc7c7ccccc76)cc5)cc4c23)C1(C)C. The Kier molecular flexibility index (Phi) is 5.05. The van der Waals surface area contributed by atoms with Crippen LogP contribution in [0.3, 0.4) is 0 Å². The van der Waals surface area contributed by atoms with Gasteiger partial charge in [-0.25, -0.2) is 0 Å². The molecule has 2 aromatic heterocycles. The minimum absolute atomic E-state index is 0.00686. The molecule has 212 valence electrons. The first kappa shape index (κ1) is 25.4. The van der Waals surface area contributed by atoms with Gasteiger partial charge in [0.05, 0.1) is 11.0 Å². The van der Waals surface area contributed by atoms with E-state index in [0.717, 1.165) is 16.9 Å². The Labute approximate surface area is 257 Å². The molecule has 9 rings (SSSR count). The van der Waals surface area contributed by atoms with Crippen LogP contribution in [0.2, 0.25) is 0 Å². The van der Waals surface area contributed by atoms with Crippen LogP contribution in [0.5, 0.6) is 0 Å². The van der Waals surface area contributed by atoms with Crippen molar-refractivity contribution in [3.8, 4) is 27.9 Å². The summed E-state index contributed by atoms with van der Waals surface area (Å²) in [6.45, 7) is 9.54. The number of hydrogen-bond donors (Lipinski definition) is 0. The van der Waals surface area contributed by atoms with Gasteiger partial charge in [-0.15, -0.1) is 0 Å². The van der Waals surface area contributed by atoms with Crippen LogP contribution in [-0.2, 0) is 10.8 Å². The third kappa shape index (κ3) is 3.26. The topological polar surface area (TPSA) is 18.1 Å². The van der Waals surface area contributed by atoms with E-state index < -0.39 is 0 Å². The van der Waals surface area contributed by atoms with Gasteiger partial charge < -0.3 is 8.98 Å². The molecule has 6 aromatic carbocycles. The Bertz CT molecular complexity index is 2380. The zero-order valence-electron chi connectivity index (χ0n) is 25.5. The quantitative estimate of drug-likeness (QED) is 0.203. The summed E-state index contributed by atoms with van der Waals surface area (Å²) in [4.78, 5) is 0. The highest BCUT2D eigenvalue weighted by Crippen LogP contribution is 2.56. The molecule has 2 heteroatoms. The van der Waals surface area contributed by atoms with E-state index in [4.69, 9.17) is 4.42 Å². The minimum atomic E-state index is -0.0469. The summed E-state index contributed by atoms with van der Waals surface area (Å²) >= 11 is 0. The molecular formula is C42H33NO. The number of rotatable bonds is 2. The molecule has 2 heterocycles. The van der Waals surface area contributed by atoms with Crippen LogP contribution in [0.25, 0.3) is 71.7 Å². The van der Waals surface area contributed by atoms with Gasteiger partial charge in [0.15, 0.2) is 0 Å². The predicted molar refractivity (Wildman–Crippen MR) is 185 cm³/mol. The molecule has 2 nitrogen and oxygen atoms in total. The maximum atomic E-state index is 6.49. The molecule has 0 spiro atoms. The van der Waals surface area contributed by atoms with E-state index in [2.05, 4.69) is 160 Å². The lowest BCUT2D eigenvalue weighted by Crippen LogP contribution is -2.43. The van der Waals surface area contributed by atoms with Gasteiger partial charge in [0.2, 0.25) is 0 Å². The number of aromatic nitrogens is 1. The average Bonchev–Trinajstić information content (AvgIpc) is 3.59. The highest BCUT2D eigenvalue weighted by atomic mass is 16.3. The lowest BCUT2D eigenvalue weighted by atomic mass is 9.55.